The van der Waals surface area contributed by atoms with Crippen molar-refractivity contribution in [3.63, 3.8) is 0 Å². The molecule has 2 heterocycles. The molecule has 2 aromatic heterocycles. The average molecular weight is 374 g/mol. The van der Waals surface area contributed by atoms with Crippen molar-refractivity contribution in [1.82, 2.24) is 19.7 Å². The van der Waals surface area contributed by atoms with Crippen LogP contribution in [-0.4, -0.2) is 35.8 Å². The van der Waals surface area contributed by atoms with Gasteiger partial charge in [-0.25, -0.2) is 9.55 Å². The Balaban J connectivity index is 1.69. The maximum atomic E-state index is 10.8. The smallest absolute Gasteiger partial charge is 0.342 e. The fraction of sp³-hybridized carbons (Fsp3) is 0.0769. The molecule has 1 aromatic carbocycles. The number of nitrogens with one attached hydrogen (secondary N) is 1. The van der Waals surface area contributed by atoms with Gasteiger partial charge in [0, 0.05) is 12.1 Å². The molecule has 0 aliphatic heterocycles. The van der Waals surface area contributed by atoms with Gasteiger partial charge in [0.05, 0.1) is 18.2 Å². The molecule has 0 atom stereocenters. The van der Waals surface area contributed by atoms with Crippen molar-refractivity contribution in [2.45, 2.75) is 0 Å². The fourth-order valence-electron chi connectivity index (χ4n) is 1.97. The number of nitrogens with zero attached hydrogens (tertiary/aromatic N) is 7. The molecule has 1 N–H and O–H groups in total. The number of rotatable bonds is 6. The molecular weight excluding hydrogens is 364 g/mol. The zero-order valence-corrected chi connectivity index (χ0v) is 14.0. The van der Waals surface area contributed by atoms with E-state index in [0.717, 1.165) is 17.5 Å². The molecule has 0 spiro atoms. The molecule has 26 heavy (non-hydrogen) atoms. The number of hydrogen-bond donors (Lipinski definition) is 1. The van der Waals surface area contributed by atoms with E-state index in [9.17, 15) is 20.2 Å². The molecular formula is C13H10N8O4S. The van der Waals surface area contributed by atoms with Gasteiger partial charge in [-0.2, -0.15) is 5.10 Å². The van der Waals surface area contributed by atoms with Crippen LogP contribution in [0.2, 0.25) is 0 Å². The highest BCUT2D eigenvalue weighted by Crippen LogP contribution is 2.27. The Morgan fingerprint density at radius 1 is 1.19 bits per heavy atom. The Bertz CT molecular complexity index is 994. The normalized spacial score (nSPS) is 11.0. The van der Waals surface area contributed by atoms with E-state index in [0.29, 0.717) is 21.5 Å². The van der Waals surface area contributed by atoms with Crippen molar-refractivity contribution in [1.29, 1.82) is 0 Å². The van der Waals surface area contributed by atoms with Crippen LogP contribution in [0.4, 0.5) is 16.6 Å². The van der Waals surface area contributed by atoms with Crippen LogP contribution >= 0.6 is 11.3 Å². The molecule has 0 saturated carbocycles. The first-order valence-corrected chi connectivity index (χ1v) is 7.81. The van der Waals surface area contributed by atoms with E-state index in [1.165, 1.54) is 30.0 Å². The molecule has 12 nitrogen and oxygen atoms in total. The lowest BCUT2D eigenvalue weighted by atomic mass is 10.2. The predicted molar refractivity (Wildman–Crippen MR) is 93.1 cm³/mol. The lowest BCUT2D eigenvalue weighted by Crippen LogP contribution is -1.98. The second-order valence-corrected chi connectivity index (χ2v) is 5.86. The van der Waals surface area contributed by atoms with Gasteiger partial charge >= 0.3 is 5.82 Å². The monoisotopic (exact) mass is 374 g/mol. The highest BCUT2D eigenvalue weighted by Gasteiger charge is 2.21. The van der Waals surface area contributed by atoms with Crippen molar-refractivity contribution in [2.24, 2.45) is 12.1 Å². The Labute approximate surface area is 149 Å². The van der Waals surface area contributed by atoms with E-state index >= 15 is 0 Å². The topological polar surface area (TPSA) is 154 Å². The summed E-state index contributed by atoms with van der Waals surface area (Å²) in [6.07, 6.45) is 2.62. The minimum atomic E-state index is -0.537. The molecule has 0 bridgehead atoms. The molecule has 0 aliphatic rings. The quantitative estimate of drug-likeness (QED) is 0.391. The van der Waals surface area contributed by atoms with Gasteiger partial charge in [0.25, 0.3) is 11.5 Å². The summed E-state index contributed by atoms with van der Waals surface area (Å²) in [6, 6.07) is 5.86. The van der Waals surface area contributed by atoms with Gasteiger partial charge in [0.2, 0.25) is 10.1 Å². The summed E-state index contributed by atoms with van der Waals surface area (Å²) < 4.78 is 1.31. The van der Waals surface area contributed by atoms with E-state index in [4.69, 9.17) is 0 Å². The number of anilines is 1. The minimum absolute atomic E-state index is 0.00645. The van der Waals surface area contributed by atoms with Crippen LogP contribution in [0.3, 0.4) is 0 Å². The number of nitro groups is 2. The van der Waals surface area contributed by atoms with E-state index < -0.39 is 9.85 Å². The molecule has 0 fully saturated rings. The average Bonchev–Trinajstić information content (AvgIpc) is 3.21. The maximum absolute atomic E-state index is 10.8. The predicted octanol–water partition coefficient (Wildman–Crippen LogP) is 2.20. The summed E-state index contributed by atoms with van der Waals surface area (Å²) in [5.41, 5.74) is 3.33. The van der Waals surface area contributed by atoms with Crippen molar-refractivity contribution in [3.05, 3.63) is 56.3 Å². The highest BCUT2D eigenvalue weighted by molar-refractivity contribution is 7.18. The van der Waals surface area contributed by atoms with E-state index in [2.05, 4.69) is 25.7 Å². The lowest BCUT2D eigenvalue weighted by molar-refractivity contribution is -0.391. The third-order valence-electron chi connectivity index (χ3n) is 3.24. The molecule has 0 amide bonds. The summed E-state index contributed by atoms with van der Waals surface area (Å²) in [6.45, 7) is 0. The SMILES string of the molecule is Cn1c([N+](=O)[O-])cnc1-c1nnc(N/N=C/c2ccc([N+](=O)[O-])cc2)s1. The molecule has 132 valence electrons. The third-order valence-corrected chi connectivity index (χ3v) is 4.07. The van der Waals surface area contributed by atoms with E-state index in [1.807, 2.05) is 0 Å². The summed E-state index contributed by atoms with van der Waals surface area (Å²) >= 11 is 1.12. The standard InChI is InChI=1S/C13H10N8O4S/c1-19-10(21(24)25)7-14-11(19)12-16-18-13(26-12)17-15-6-8-2-4-9(5-3-8)20(22)23/h2-7H,1H3,(H,17,18)/b15-6+. The van der Waals surface area contributed by atoms with Crippen LogP contribution in [0, 0.1) is 20.2 Å². The van der Waals surface area contributed by atoms with Crippen LogP contribution in [0.15, 0.2) is 35.6 Å². The van der Waals surface area contributed by atoms with Crippen LogP contribution in [0.1, 0.15) is 5.56 Å². The highest BCUT2D eigenvalue weighted by atomic mass is 32.1. The van der Waals surface area contributed by atoms with Gasteiger partial charge in [-0.1, -0.05) is 11.3 Å². The second-order valence-electron chi connectivity index (χ2n) is 4.89. The largest absolute Gasteiger partial charge is 0.358 e. The molecule has 0 radical (unpaired) electrons. The number of nitro benzene ring substituents is 1. The van der Waals surface area contributed by atoms with Gasteiger partial charge in [0.15, 0.2) is 0 Å². The molecule has 0 saturated heterocycles. The number of non-ortho nitro benzene ring substituents is 1. The van der Waals surface area contributed by atoms with Crippen LogP contribution in [-0.2, 0) is 7.05 Å². The van der Waals surface area contributed by atoms with Gasteiger partial charge in [-0.05, 0) is 22.6 Å². The number of aromatic nitrogens is 4. The summed E-state index contributed by atoms with van der Waals surface area (Å²) in [7, 11) is 1.52. The van der Waals surface area contributed by atoms with E-state index in [-0.39, 0.29) is 11.5 Å². The first kappa shape index (κ1) is 17.1. The number of benzene rings is 1. The molecule has 3 aromatic rings. The summed E-state index contributed by atoms with van der Waals surface area (Å²) in [5.74, 6) is 0.169. The number of hydrogen-bond acceptors (Lipinski definition) is 10. The summed E-state index contributed by atoms with van der Waals surface area (Å²) in [5, 5.41) is 34.0. The van der Waals surface area contributed by atoms with Gasteiger partial charge < -0.3 is 10.1 Å². The molecule has 13 heteroatoms. The third kappa shape index (κ3) is 3.51. The van der Waals surface area contributed by atoms with Crippen molar-refractivity contribution in [2.75, 3.05) is 5.43 Å². The van der Waals surface area contributed by atoms with Crippen LogP contribution in [0.25, 0.3) is 10.8 Å². The van der Waals surface area contributed by atoms with Gasteiger partial charge in [0.1, 0.15) is 6.20 Å². The zero-order valence-electron chi connectivity index (χ0n) is 13.1. The first-order chi connectivity index (χ1) is 12.5. The molecule has 3 rings (SSSR count). The molecule has 0 aliphatic carbocycles. The number of imidazole rings is 1. The Morgan fingerprint density at radius 3 is 2.54 bits per heavy atom. The Hall–Kier alpha value is -3.74. The second kappa shape index (κ2) is 7.02. The summed E-state index contributed by atoms with van der Waals surface area (Å²) in [4.78, 5) is 24.4. The van der Waals surface area contributed by atoms with E-state index in [1.54, 1.807) is 12.1 Å². The maximum Gasteiger partial charge on any atom is 0.342 e. The van der Waals surface area contributed by atoms with Crippen molar-refractivity contribution < 1.29 is 9.85 Å². The van der Waals surface area contributed by atoms with Crippen LogP contribution in [0.5, 0.6) is 0 Å². The Morgan fingerprint density at radius 2 is 1.92 bits per heavy atom. The Kier molecular flexibility index (Phi) is 4.62. The first-order valence-electron chi connectivity index (χ1n) is 6.99. The molecule has 0 unspecified atom stereocenters. The zero-order chi connectivity index (χ0) is 18.7. The lowest BCUT2D eigenvalue weighted by Gasteiger charge is -1.95. The van der Waals surface area contributed by atoms with Gasteiger partial charge in [-0.15, -0.1) is 10.2 Å². The van der Waals surface area contributed by atoms with Crippen molar-refractivity contribution >= 4 is 34.2 Å². The minimum Gasteiger partial charge on any atom is -0.358 e. The fourth-order valence-corrected chi connectivity index (χ4v) is 2.70. The number of hydrazone groups is 1. The van der Waals surface area contributed by atoms with Crippen molar-refractivity contribution in [3.8, 4) is 10.8 Å². The van der Waals surface area contributed by atoms with Gasteiger partial charge in [-0.3, -0.25) is 15.5 Å². The van der Waals surface area contributed by atoms with Crippen LogP contribution < -0.4 is 5.43 Å².